The lowest BCUT2D eigenvalue weighted by molar-refractivity contribution is -0.384. The summed E-state index contributed by atoms with van der Waals surface area (Å²) in [5, 5.41) is 15.2. The molecule has 5 nitrogen and oxygen atoms in total. The number of benzene rings is 1. The molecule has 2 aromatic rings. The van der Waals surface area contributed by atoms with Gasteiger partial charge in [0.1, 0.15) is 5.69 Å². The normalized spacial score (nSPS) is 14.5. The highest BCUT2D eigenvalue weighted by Crippen LogP contribution is 2.33. The maximum Gasteiger partial charge on any atom is 0.292 e. The Kier molecular flexibility index (Phi) is 3.90. The zero-order valence-corrected chi connectivity index (χ0v) is 12.4. The molecule has 21 heavy (non-hydrogen) atoms. The number of thiophene rings is 1. The fraction of sp³-hybridized carbons (Fsp3) is 0.333. The summed E-state index contributed by atoms with van der Waals surface area (Å²) in [5.74, 6) is 0. The zero-order chi connectivity index (χ0) is 14.8. The molecule has 1 aromatic carbocycles. The molecule has 0 bridgehead atoms. The van der Waals surface area contributed by atoms with Crippen LogP contribution in [0.2, 0.25) is 0 Å². The van der Waals surface area contributed by atoms with Crippen molar-refractivity contribution in [1.29, 1.82) is 0 Å². The van der Waals surface area contributed by atoms with Crippen molar-refractivity contribution in [2.45, 2.75) is 32.0 Å². The van der Waals surface area contributed by atoms with Crippen LogP contribution in [0.3, 0.4) is 0 Å². The molecule has 6 heteroatoms. The molecule has 0 amide bonds. The van der Waals surface area contributed by atoms with E-state index in [0.29, 0.717) is 18.3 Å². The Balaban J connectivity index is 1.80. The fourth-order valence-corrected chi connectivity index (χ4v) is 3.15. The molecule has 3 rings (SSSR count). The Hall–Kier alpha value is -1.92. The lowest BCUT2D eigenvalue weighted by Gasteiger charge is -2.22. The molecule has 1 aromatic heterocycles. The van der Waals surface area contributed by atoms with Crippen LogP contribution in [-0.2, 0) is 13.1 Å². The van der Waals surface area contributed by atoms with Gasteiger partial charge >= 0.3 is 0 Å². The van der Waals surface area contributed by atoms with Crippen LogP contribution in [-0.4, -0.2) is 15.9 Å². The Morgan fingerprint density at radius 1 is 1.33 bits per heavy atom. The van der Waals surface area contributed by atoms with E-state index in [1.807, 2.05) is 6.07 Å². The molecule has 1 aliphatic carbocycles. The lowest BCUT2D eigenvalue weighted by atomic mass is 10.1. The predicted molar refractivity (Wildman–Crippen MR) is 84.1 cm³/mol. The number of rotatable bonds is 6. The SMILES string of the molecule is Nc1c(CN(Cc2ccsc2)C2CC2)cccc1[N+](=O)[O-]. The summed E-state index contributed by atoms with van der Waals surface area (Å²) in [5.41, 5.74) is 8.38. The molecule has 1 fully saturated rings. The smallest absolute Gasteiger partial charge is 0.292 e. The maximum absolute atomic E-state index is 11.0. The van der Waals surface area contributed by atoms with Crippen LogP contribution in [0, 0.1) is 10.1 Å². The van der Waals surface area contributed by atoms with Gasteiger partial charge in [-0.3, -0.25) is 15.0 Å². The standard InChI is InChI=1S/C15H17N3O2S/c16-15-12(2-1-3-14(15)18(19)20)9-17(13-4-5-13)8-11-6-7-21-10-11/h1-3,6-7,10,13H,4-5,8-9,16H2. The minimum Gasteiger partial charge on any atom is -0.393 e. The first-order valence-corrected chi connectivity index (χ1v) is 7.86. The molecular weight excluding hydrogens is 286 g/mol. The predicted octanol–water partition coefficient (Wildman–Crippen LogP) is 3.40. The van der Waals surface area contributed by atoms with E-state index in [4.69, 9.17) is 5.73 Å². The Labute approximate surface area is 127 Å². The van der Waals surface area contributed by atoms with Crippen LogP contribution in [0.4, 0.5) is 11.4 Å². The van der Waals surface area contributed by atoms with Crippen molar-refractivity contribution in [3.63, 3.8) is 0 Å². The Morgan fingerprint density at radius 2 is 2.14 bits per heavy atom. The van der Waals surface area contributed by atoms with Crippen LogP contribution < -0.4 is 5.73 Å². The van der Waals surface area contributed by atoms with Gasteiger partial charge in [0.15, 0.2) is 0 Å². The summed E-state index contributed by atoms with van der Waals surface area (Å²) in [6, 6.07) is 7.74. The van der Waals surface area contributed by atoms with Gasteiger partial charge < -0.3 is 5.73 Å². The Morgan fingerprint density at radius 3 is 2.76 bits per heavy atom. The van der Waals surface area contributed by atoms with E-state index in [-0.39, 0.29) is 5.69 Å². The van der Waals surface area contributed by atoms with Gasteiger partial charge in [-0.1, -0.05) is 12.1 Å². The summed E-state index contributed by atoms with van der Waals surface area (Å²) >= 11 is 1.69. The first kappa shape index (κ1) is 14.0. The Bertz CT molecular complexity index is 638. The first-order valence-electron chi connectivity index (χ1n) is 6.92. The molecule has 1 saturated carbocycles. The van der Waals surface area contributed by atoms with Gasteiger partial charge in [0.2, 0.25) is 0 Å². The highest BCUT2D eigenvalue weighted by molar-refractivity contribution is 7.07. The van der Waals surface area contributed by atoms with E-state index in [1.165, 1.54) is 24.5 Å². The monoisotopic (exact) mass is 303 g/mol. The van der Waals surface area contributed by atoms with Crippen molar-refractivity contribution < 1.29 is 4.92 Å². The van der Waals surface area contributed by atoms with E-state index >= 15 is 0 Å². The van der Waals surface area contributed by atoms with Crippen LogP contribution in [0.25, 0.3) is 0 Å². The molecular formula is C15H17N3O2S. The van der Waals surface area contributed by atoms with Gasteiger partial charge in [-0.05, 0) is 40.8 Å². The molecule has 0 atom stereocenters. The number of nitrogen functional groups attached to an aromatic ring is 1. The molecule has 0 saturated heterocycles. The van der Waals surface area contributed by atoms with Gasteiger partial charge in [0.05, 0.1) is 4.92 Å². The van der Waals surface area contributed by atoms with Crippen LogP contribution >= 0.6 is 11.3 Å². The number of hydrogen-bond donors (Lipinski definition) is 1. The highest BCUT2D eigenvalue weighted by Gasteiger charge is 2.30. The molecule has 0 unspecified atom stereocenters. The van der Waals surface area contributed by atoms with Crippen molar-refractivity contribution in [2.24, 2.45) is 0 Å². The van der Waals surface area contributed by atoms with E-state index in [1.54, 1.807) is 17.4 Å². The minimum absolute atomic E-state index is 0.00113. The van der Waals surface area contributed by atoms with Gasteiger partial charge in [-0.15, -0.1) is 0 Å². The second kappa shape index (κ2) is 5.83. The van der Waals surface area contributed by atoms with Crippen molar-refractivity contribution in [3.8, 4) is 0 Å². The average molecular weight is 303 g/mol. The zero-order valence-electron chi connectivity index (χ0n) is 11.6. The van der Waals surface area contributed by atoms with Gasteiger partial charge in [-0.2, -0.15) is 11.3 Å². The summed E-state index contributed by atoms with van der Waals surface area (Å²) in [7, 11) is 0. The second-order valence-corrected chi connectivity index (χ2v) is 6.15. The third-order valence-electron chi connectivity index (χ3n) is 3.77. The highest BCUT2D eigenvalue weighted by atomic mass is 32.1. The van der Waals surface area contributed by atoms with E-state index < -0.39 is 4.92 Å². The molecule has 1 heterocycles. The van der Waals surface area contributed by atoms with Gasteiger partial charge in [-0.25, -0.2) is 0 Å². The van der Waals surface area contributed by atoms with Crippen LogP contribution in [0.15, 0.2) is 35.0 Å². The van der Waals surface area contributed by atoms with Gasteiger partial charge in [0.25, 0.3) is 5.69 Å². The molecule has 0 spiro atoms. The molecule has 1 aliphatic rings. The summed E-state index contributed by atoms with van der Waals surface area (Å²) in [6.45, 7) is 1.53. The van der Waals surface area contributed by atoms with E-state index in [9.17, 15) is 10.1 Å². The van der Waals surface area contributed by atoms with Crippen molar-refractivity contribution >= 4 is 22.7 Å². The van der Waals surface area contributed by atoms with Crippen LogP contribution in [0.5, 0.6) is 0 Å². The summed E-state index contributed by atoms with van der Waals surface area (Å²) < 4.78 is 0. The van der Waals surface area contributed by atoms with Crippen molar-refractivity contribution in [2.75, 3.05) is 5.73 Å². The summed E-state index contributed by atoms with van der Waals surface area (Å²) in [4.78, 5) is 12.9. The third-order valence-corrected chi connectivity index (χ3v) is 4.50. The first-order chi connectivity index (χ1) is 10.1. The maximum atomic E-state index is 11.0. The molecule has 2 N–H and O–H groups in total. The fourth-order valence-electron chi connectivity index (χ4n) is 2.49. The number of nitro benzene ring substituents is 1. The quantitative estimate of drug-likeness (QED) is 0.504. The number of nitrogens with zero attached hydrogens (tertiary/aromatic N) is 2. The van der Waals surface area contributed by atoms with E-state index in [2.05, 4.69) is 21.7 Å². The third kappa shape index (κ3) is 3.22. The number of nitrogens with two attached hydrogens (primary N) is 1. The molecule has 0 radical (unpaired) electrons. The average Bonchev–Trinajstić information content (AvgIpc) is 3.18. The molecule has 0 aliphatic heterocycles. The van der Waals surface area contributed by atoms with Crippen LogP contribution in [0.1, 0.15) is 24.0 Å². The second-order valence-electron chi connectivity index (χ2n) is 5.37. The van der Waals surface area contributed by atoms with Crippen molar-refractivity contribution in [1.82, 2.24) is 4.90 Å². The van der Waals surface area contributed by atoms with E-state index in [0.717, 1.165) is 12.1 Å². The number of nitro groups is 1. The van der Waals surface area contributed by atoms with Gasteiger partial charge in [0, 0.05) is 25.2 Å². The lowest BCUT2D eigenvalue weighted by Crippen LogP contribution is -2.25. The number of hydrogen-bond acceptors (Lipinski definition) is 5. The molecule has 110 valence electrons. The summed E-state index contributed by atoms with van der Waals surface area (Å²) in [6.07, 6.45) is 2.39. The largest absolute Gasteiger partial charge is 0.393 e. The number of anilines is 1. The minimum atomic E-state index is -0.417. The van der Waals surface area contributed by atoms with Crippen molar-refractivity contribution in [3.05, 3.63) is 56.3 Å². The number of para-hydroxylation sites is 1. The topological polar surface area (TPSA) is 72.4 Å².